The Labute approximate surface area is 128 Å². The van der Waals surface area contributed by atoms with Crippen LogP contribution in [0.15, 0.2) is 30.3 Å². The van der Waals surface area contributed by atoms with E-state index in [-0.39, 0.29) is 23.0 Å². The van der Waals surface area contributed by atoms with Crippen molar-refractivity contribution in [2.24, 2.45) is 0 Å². The molecule has 0 radical (unpaired) electrons. The third-order valence-electron chi connectivity index (χ3n) is 3.68. The molecule has 1 aromatic carbocycles. The van der Waals surface area contributed by atoms with Crippen LogP contribution in [0.1, 0.15) is 37.0 Å². The van der Waals surface area contributed by atoms with Gasteiger partial charge < -0.3 is 10.1 Å². The Morgan fingerprint density at radius 2 is 2.19 bits per heavy atom. The van der Waals surface area contributed by atoms with Gasteiger partial charge in [0.1, 0.15) is 5.75 Å². The van der Waals surface area contributed by atoms with Crippen molar-refractivity contribution >= 4 is 16.7 Å². The van der Waals surface area contributed by atoms with E-state index in [9.17, 15) is 9.00 Å². The number of benzene rings is 1. The number of hydrogen-bond donors (Lipinski definition) is 1. The van der Waals surface area contributed by atoms with Gasteiger partial charge in [0.05, 0.1) is 11.4 Å². The van der Waals surface area contributed by atoms with Crippen molar-refractivity contribution in [3.05, 3.63) is 35.9 Å². The first-order valence-electron chi connectivity index (χ1n) is 7.51. The Morgan fingerprint density at radius 3 is 2.81 bits per heavy atom. The van der Waals surface area contributed by atoms with Gasteiger partial charge in [0, 0.05) is 24.0 Å². The minimum Gasteiger partial charge on any atom is -0.376 e. The molecule has 1 heterocycles. The number of carbonyl (C=O) groups excluding carboxylic acids is 1. The lowest BCUT2D eigenvalue weighted by Gasteiger charge is -2.16. The summed E-state index contributed by atoms with van der Waals surface area (Å²) in [6, 6.07) is 9.75. The van der Waals surface area contributed by atoms with E-state index in [4.69, 9.17) is 4.74 Å². The maximum Gasteiger partial charge on any atom is 0.232 e. The van der Waals surface area contributed by atoms with Gasteiger partial charge >= 0.3 is 0 Å². The van der Waals surface area contributed by atoms with E-state index >= 15 is 0 Å². The predicted octanol–water partition coefficient (Wildman–Crippen LogP) is 2.18. The van der Waals surface area contributed by atoms with E-state index in [0.717, 1.165) is 31.4 Å². The molecule has 1 aromatic rings. The van der Waals surface area contributed by atoms with Gasteiger partial charge in [0.15, 0.2) is 0 Å². The van der Waals surface area contributed by atoms with E-state index < -0.39 is 10.8 Å². The summed E-state index contributed by atoms with van der Waals surface area (Å²) in [5, 5.41) is 2.75. The number of hydrogen-bond acceptors (Lipinski definition) is 3. The molecule has 1 saturated heterocycles. The second kappa shape index (κ2) is 8.29. The monoisotopic (exact) mass is 309 g/mol. The van der Waals surface area contributed by atoms with Crippen LogP contribution in [-0.2, 0) is 20.3 Å². The zero-order valence-corrected chi connectivity index (χ0v) is 13.2. The van der Waals surface area contributed by atoms with Crippen molar-refractivity contribution in [2.45, 2.75) is 37.5 Å². The van der Waals surface area contributed by atoms with Gasteiger partial charge in [-0.2, -0.15) is 0 Å². The van der Waals surface area contributed by atoms with Crippen molar-refractivity contribution in [3.63, 3.8) is 0 Å². The zero-order valence-electron chi connectivity index (χ0n) is 12.4. The largest absolute Gasteiger partial charge is 0.376 e. The molecule has 0 unspecified atom stereocenters. The van der Waals surface area contributed by atoms with Crippen LogP contribution in [0.2, 0.25) is 0 Å². The third kappa shape index (κ3) is 4.93. The standard InChI is InChI=1S/C16H23NO3S/c1-2-15(13-7-4-3-5-8-13)21(19)12-16(18)17-11-14-9-6-10-20-14/h3-5,7-8,14-15H,2,6,9-12H2,1H3,(H,17,18)/t14-,15+,21-/m0/s1. The fourth-order valence-corrected chi connectivity index (χ4v) is 3.95. The maximum atomic E-state index is 12.4. The fraction of sp³-hybridized carbons (Fsp3) is 0.562. The first kappa shape index (κ1) is 16.2. The van der Waals surface area contributed by atoms with Crippen LogP contribution < -0.4 is 5.32 Å². The number of nitrogens with one attached hydrogen (secondary N) is 1. The molecular weight excluding hydrogens is 286 g/mol. The lowest BCUT2D eigenvalue weighted by atomic mass is 10.1. The molecule has 116 valence electrons. The van der Waals surface area contributed by atoms with Gasteiger partial charge in [-0.3, -0.25) is 9.00 Å². The number of carbonyl (C=O) groups is 1. The molecule has 1 aliphatic rings. The van der Waals surface area contributed by atoms with Crippen molar-refractivity contribution in [1.29, 1.82) is 0 Å². The lowest BCUT2D eigenvalue weighted by Crippen LogP contribution is -2.35. The average Bonchev–Trinajstić information content (AvgIpc) is 3.00. The van der Waals surface area contributed by atoms with Crippen molar-refractivity contribution in [1.82, 2.24) is 5.32 Å². The Kier molecular flexibility index (Phi) is 6.39. The summed E-state index contributed by atoms with van der Waals surface area (Å²) in [4.78, 5) is 11.9. The molecule has 1 N–H and O–H groups in total. The molecule has 3 atom stereocenters. The van der Waals surface area contributed by atoms with E-state index in [1.165, 1.54) is 0 Å². The molecule has 21 heavy (non-hydrogen) atoms. The van der Waals surface area contributed by atoms with Crippen molar-refractivity contribution < 1.29 is 13.7 Å². The molecule has 1 amide bonds. The van der Waals surface area contributed by atoms with Crippen LogP contribution in [0.25, 0.3) is 0 Å². The van der Waals surface area contributed by atoms with Gasteiger partial charge in [0.2, 0.25) is 5.91 Å². The van der Waals surface area contributed by atoms with Crippen molar-refractivity contribution in [2.75, 3.05) is 18.9 Å². The van der Waals surface area contributed by atoms with E-state index in [0.29, 0.717) is 6.54 Å². The van der Waals surface area contributed by atoms with Crippen LogP contribution in [0.3, 0.4) is 0 Å². The normalized spacial score (nSPS) is 20.9. The summed E-state index contributed by atoms with van der Waals surface area (Å²) in [5.74, 6) is -0.0988. The molecule has 0 aromatic heterocycles. The Morgan fingerprint density at radius 1 is 1.43 bits per heavy atom. The minimum atomic E-state index is -1.19. The highest BCUT2D eigenvalue weighted by molar-refractivity contribution is 7.86. The smallest absolute Gasteiger partial charge is 0.232 e. The Bertz CT molecular complexity index is 472. The fourth-order valence-electron chi connectivity index (χ4n) is 2.55. The molecule has 2 rings (SSSR count). The molecule has 4 nitrogen and oxygen atoms in total. The Hall–Kier alpha value is -1.20. The molecule has 5 heteroatoms. The summed E-state index contributed by atoms with van der Waals surface area (Å²) >= 11 is 0. The summed E-state index contributed by atoms with van der Waals surface area (Å²) in [5.41, 5.74) is 1.03. The van der Waals surface area contributed by atoms with E-state index in [1.807, 2.05) is 37.3 Å². The van der Waals surface area contributed by atoms with Crippen LogP contribution in [-0.4, -0.2) is 35.1 Å². The highest BCUT2D eigenvalue weighted by atomic mass is 32.2. The predicted molar refractivity (Wildman–Crippen MR) is 84.5 cm³/mol. The average molecular weight is 309 g/mol. The zero-order chi connectivity index (χ0) is 15.1. The van der Waals surface area contributed by atoms with Crippen LogP contribution >= 0.6 is 0 Å². The topological polar surface area (TPSA) is 55.4 Å². The SMILES string of the molecule is CC[C@H](c1ccccc1)[S@@](=O)CC(=O)NC[C@@H]1CCCO1. The summed E-state index contributed by atoms with van der Waals surface area (Å²) in [6.45, 7) is 3.30. The van der Waals surface area contributed by atoms with Gasteiger partial charge in [-0.1, -0.05) is 37.3 Å². The van der Waals surface area contributed by atoms with Gasteiger partial charge in [-0.05, 0) is 24.8 Å². The molecule has 0 bridgehead atoms. The number of ether oxygens (including phenoxy) is 1. The van der Waals surface area contributed by atoms with Crippen molar-refractivity contribution in [3.8, 4) is 0 Å². The van der Waals surface area contributed by atoms with Crippen LogP contribution in [0.4, 0.5) is 0 Å². The van der Waals surface area contributed by atoms with Gasteiger partial charge in [-0.15, -0.1) is 0 Å². The maximum absolute atomic E-state index is 12.4. The summed E-state index contributed by atoms with van der Waals surface area (Å²) in [6.07, 6.45) is 2.93. The molecule has 0 saturated carbocycles. The lowest BCUT2D eigenvalue weighted by molar-refractivity contribution is -0.119. The summed E-state index contributed by atoms with van der Waals surface area (Å²) < 4.78 is 17.9. The molecule has 0 aliphatic carbocycles. The second-order valence-corrected chi connectivity index (χ2v) is 6.89. The third-order valence-corrected chi connectivity index (χ3v) is 5.47. The molecular formula is C16H23NO3S. The van der Waals surface area contributed by atoms with E-state index in [2.05, 4.69) is 5.32 Å². The number of amides is 1. The quantitative estimate of drug-likeness (QED) is 0.840. The van der Waals surface area contributed by atoms with Gasteiger partial charge in [0.25, 0.3) is 0 Å². The summed E-state index contributed by atoms with van der Waals surface area (Å²) in [7, 11) is -1.19. The van der Waals surface area contributed by atoms with Gasteiger partial charge in [-0.25, -0.2) is 0 Å². The molecule has 1 aliphatic heterocycles. The Balaban J connectivity index is 1.82. The van der Waals surface area contributed by atoms with Crippen LogP contribution in [0, 0.1) is 0 Å². The van der Waals surface area contributed by atoms with Crippen LogP contribution in [0.5, 0.6) is 0 Å². The highest BCUT2D eigenvalue weighted by Crippen LogP contribution is 2.23. The number of rotatable bonds is 7. The first-order valence-corrected chi connectivity index (χ1v) is 8.89. The second-order valence-electron chi connectivity index (χ2n) is 5.27. The molecule has 1 fully saturated rings. The van der Waals surface area contributed by atoms with E-state index in [1.54, 1.807) is 0 Å². The molecule has 0 spiro atoms. The first-order chi connectivity index (χ1) is 10.2. The minimum absolute atomic E-state index is 0.0557. The highest BCUT2D eigenvalue weighted by Gasteiger charge is 2.21.